The van der Waals surface area contributed by atoms with Crippen LogP contribution in [0.15, 0.2) is 24.3 Å². The summed E-state index contributed by atoms with van der Waals surface area (Å²) in [7, 11) is 1.18. The smallest absolute Gasteiger partial charge is 0.306 e. The standard InChI is InChI=1S/C11H12N2O6/c1-19-11(14)6-9(7-12(15)16)8-3-2-4-10(5-8)13(17)18/h2-5,9H,6-7H2,1H3. The lowest BCUT2D eigenvalue weighted by atomic mass is 9.95. The van der Waals surface area contributed by atoms with Crippen molar-refractivity contribution in [1.29, 1.82) is 0 Å². The molecule has 0 radical (unpaired) electrons. The van der Waals surface area contributed by atoms with Gasteiger partial charge in [-0.05, 0) is 5.56 Å². The number of hydrogen-bond donors (Lipinski definition) is 0. The van der Waals surface area contributed by atoms with E-state index in [-0.39, 0.29) is 12.1 Å². The number of carbonyl (C=O) groups excluding carboxylic acids is 1. The lowest BCUT2D eigenvalue weighted by Gasteiger charge is -2.11. The number of benzene rings is 1. The molecule has 0 saturated carbocycles. The fraction of sp³-hybridized carbons (Fsp3) is 0.364. The number of non-ortho nitro benzene ring substituents is 1. The number of nitrogens with zero attached hydrogens (tertiary/aromatic N) is 2. The van der Waals surface area contributed by atoms with E-state index in [4.69, 9.17) is 0 Å². The predicted molar refractivity (Wildman–Crippen MR) is 64.3 cm³/mol. The van der Waals surface area contributed by atoms with E-state index in [1.54, 1.807) is 0 Å². The van der Waals surface area contributed by atoms with Crippen molar-refractivity contribution < 1.29 is 19.4 Å². The second-order valence-corrected chi connectivity index (χ2v) is 3.84. The first-order chi connectivity index (χ1) is 8.93. The lowest BCUT2D eigenvalue weighted by molar-refractivity contribution is -0.483. The summed E-state index contributed by atoms with van der Waals surface area (Å²) in [4.78, 5) is 31.3. The number of methoxy groups -OCH3 is 1. The van der Waals surface area contributed by atoms with Crippen LogP contribution in [-0.2, 0) is 9.53 Å². The van der Waals surface area contributed by atoms with Crippen molar-refractivity contribution in [1.82, 2.24) is 0 Å². The molecule has 0 saturated heterocycles. The van der Waals surface area contributed by atoms with Crippen LogP contribution in [0, 0.1) is 20.2 Å². The van der Waals surface area contributed by atoms with E-state index in [1.807, 2.05) is 0 Å². The van der Waals surface area contributed by atoms with E-state index in [0.29, 0.717) is 5.56 Å². The van der Waals surface area contributed by atoms with Crippen molar-refractivity contribution in [3.8, 4) is 0 Å². The molecule has 0 amide bonds. The third kappa shape index (κ3) is 4.34. The maximum atomic E-state index is 11.2. The quantitative estimate of drug-likeness (QED) is 0.439. The summed E-state index contributed by atoms with van der Waals surface area (Å²) in [5.41, 5.74) is 0.201. The number of nitro benzene ring substituents is 1. The third-order valence-corrected chi connectivity index (χ3v) is 2.56. The Hall–Kier alpha value is -2.51. The van der Waals surface area contributed by atoms with Crippen molar-refractivity contribution >= 4 is 11.7 Å². The van der Waals surface area contributed by atoms with Gasteiger partial charge in [0.15, 0.2) is 0 Å². The summed E-state index contributed by atoms with van der Waals surface area (Å²) in [6.07, 6.45) is -0.196. The number of esters is 1. The van der Waals surface area contributed by atoms with E-state index in [1.165, 1.54) is 31.4 Å². The molecule has 8 nitrogen and oxygen atoms in total. The van der Waals surface area contributed by atoms with Gasteiger partial charge in [0, 0.05) is 17.1 Å². The Morgan fingerprint density at radius 2 is 2.05 bits per heavy atom. The van der Waals surface area contributed by atoms with Crippen molar-refractivity contribution in [2.24, 2.45) is 0 Å². The van der Waals surface area contributed by atoms with E-state index in [9.17, 15) is 25.0 Å². The molecule has 0 aliphatic rings. The number of carbonyl (C=O) groups is 1. The fourth-order valence-corrected chi connectivity index (χ4v) is 1.64. The maximum absolute atomic E-state index is 11.2. The van der Waals surface area contributed by atoms with Gasteiger partial charge in [0.1, 0.15) is 0 Å². The van der Waals surface area contributed by atoms with Crippen molar-refractivity contribution in [3.05, 3.63) is 50.1 Å². The Bertz CT molecular complexity index is 502. The highest BCUT2D eigenvalue weighted by atomic mass is 16.6. The molecular weight excluding hydrogens is 256 g/mol. The Balaban J connectivity index is 3.02. The summed E-state index contributed by atoms with van der Waals surface area (Å²) in [5.74, 6) is -1.35. The molecule has 0 heterocycles. The highest BCUT2D eigenvalue weighted by Crippen LogP contribution is 2.24. The molecule has 0 aliphatic heterocycles. The lowest BCUT2D eigenvalue weighted by Crippen LogP contribution is -2.17. The molecule has 0 spiro atoms. The molecule has 1 aromatic carbocycles. The molecule has 0 bridgehead atoms. The minimum absolute atomic E-state index is 0.171. The first-order valence-electron chi connectivity index (χ1n) is 5.37. The molecule has 0 N–H and O–H groups in total. The third-order valence-electron chi connectivity index (χ3n) is 2.56. The SMILES string of the molecule is COC(=O)CC(C[N+](=O)[O-])c1cccc([N+](=O)[O-])c1. The monoisotopic (exact) mass is 268 g/mol. The van der Waals surface area contributed by atoms with Crippen LogP contribution in [0.2, 0.25) is 0 Å². The highest BCUT2D eigenvalue weighted by Gasteiger charge is 2.23. The largest absolute Gasteiger partial charge is 0.469 e. The van der Waals surface area contributed by atoms with Gasteiger partial charge in [0.25, 0.3) is 5.69 Å². The van der Waals surface area contributed by atoms with Gasteiger partial charge >= 0.3 is 5.97 Å². The number of hydrogen-bond acceptors (Lipinski definition) is 6. The van der Waals surface area contributed by atoms with Gasteiger partial charge in [-0.2, -0.15) is 0 Å². The van der Waals surface area contributed by atoms with Crippen molar-refractivity contribution in [2.45, 2.75) is 12.3 Å². The zero-order valence-electron chi connectivity index (χ0n) is 10.1. The van der Waals surface area contributed by atoms with Gasteiger partial charge in [0.2, 0.25) is 6.54 Å². The molecule has 0 fully saturated rings. The zero-order valence-corrected chi connectivity index (χ0v) is 10.1. The van der Waals surface area contributed by atoms with Gasteiger partial charge in [-0.25, -0.2) is 0 Å². The van der Waals surface area contributed by atoms with Gasteiger partial charge in [-0.1, -0.05) is 12.1 Å². The van der Waals surface area contributed by atoms with Gasteiger partial charge in [-0.15, -0.1) is 0 Å². The molecule has 0 aliphatic carbocycles. The first-order valence-corrected chi connectivity index (χ1v) is 5.37. The topological polar surface area (TPSA) is 113 Å². The van der Waals surface area contributed by atoms with E-state index in [2.05, 4.69) is 4.74 Å². The second-order valence-electron chi connectivity index (χ2n) is 3.84. The molecule has 102 valence electrons. The van der Waals surface area contributed by atoms with E-state index < -0.39 is 28.3 Å². The van der Waals surface area contributed by atoms with E-state index >= 15 is 0 Å². The van der Waals surface area contributed by atoms with Crippen LogP contribution < -0.4 is 0 Å². The maximum Gasteiger partial charge on any atom is 0.306 e. The minimum Gasteiger partial charge on any atom is -0.469 e. The predicted octanol–water partition coefficient (Wildman–Crippen LogP) is 1.52. The van der Waals surface area contributed by atoms with Crippen LogP contribution in [0.3, 0.4) is 0 Å². The molecule has 1 atom stereocenters. The van der Waals surface area contributed by atoms with Crippen LogP contribution in [-0.4, -0.2) is 29.5 Å². The molecule has 1 rings (SSSR count). The van der Waals surface area contributed by atoms with Crippen molar-refractivity contribution in [3.63, 3.8) is 0 Å². The van der Waals surface area contributed by atoms with Crippen LogP contribution >= 0.6 is 0 Å². The molecule has 1 aromatic rings. The molecule has 19 heavy (non-hydrogen) atoms. The van der Waals surface area contributed by atoms with Gasteiger partial charge < -0.3 is 4.74 Å². The van der Waals surface area contributed by atoms with Crippen LogP contribution in [0.5, 0.6) is 0 Å². The zero-order chi connectivity index (χ0) is 14.4. The summed E-state index contributed by atoms with van der Waals surface area (Å²) in [6, 6.07) is 5.46. The average molecular weight is 268 g/mol. The Morgan fingerprint density at radius 3 is 2.58 bits per heavy atom. The van der Waals surface area contributed by atoms with Crippen LogP contribution in [0.4, 0.5) is 5.69 Å². The molecule has 8 heteroatoms. The minimum atomic E-state index is -0.748. The summed E-state index contributed by atoms with van der Waals surface area (Å²) >= 11 is 0. The van der Waals surface area contributed by atoms with Crippen LogP contribution in [0.1, 0.15) is 17.9 Å². The van der Waals surface area contributed by atoms with Crippen LogP contribution in [0.25, 0.3) is 0 Å². The molecular formula is C11H12N2O6. The number of rotatable bonds is 6. The molecule has 0 aromatic heterocycles. The Kier molecular flexibility index (Phi) is 4.92. The van der Waals surface area contributed by atoms with Crippen molar-refractivity contribution in [2.75, 3.05) is 13.7 Å². The summed E-state index contributed by atoms with van der Waals surface area (Å²) < 4.78 is 4.47. The highest BCUT2D eigenvalue weighted by molar-refractivity contribution is 5.70. The Morgan fingerprint density at radius 1 is 1.37 bits per heavy atom. The van der Waals surface area contributed by atoms with Gasteiger partial charge in [0.05, 0.1) is 24.4 Å². The van der Waals surface area contributed by atoms with E-state index in [0.717, 1.165) is 0 Å². The number of nitro groups is 2. The average Bonchev–Trinajstić information content (AvgIpc) is 2.37. The normalized spacial score (nSPS) is 11.6. The first kappa shape index (κ1) is 14.6. The second kappa shape index (κ2) is 6.43. The fourth-order valence-electron chi connectivity index (χ4n) is 1.64. The summed E-state index contributed by atoms with van der Waals surface area (Å²) in [5, 5.41) is 21.2. The van der Waals surface area contributed by atoms with Gasteiger partial charge in [-0.3, -0.25) is 25.0 Å². The Labute approximate surface area is 108 Å². The summed E-state index contributed by atoms with van der Waals surface area (Å²) in [6.45, 7) is -0.490. The molecule has 1 unspecified atom stereocenters. The number of ether oxygens (including phenoxy) is 1.